The quantitative estimate of drug-likeness (QED) is 0.587. The SMILES string of the molecule is Cn1c(O)cc2ocnc21. The van der Waals surface area contributed by atoms with E-state index in [9.17, 15) is 0 Å². The molecule has 0 saturated heterocycles. The Hall–Kier alpha value is -1.45. The van der Waals surface area contributed by atoms with E-state index < -0.39 is 0 Å². The summed E-state index contributed by atoms with van der Waals surface area (Å²) in [5.74, 6) is 0.168. The molecule has 1 N–H and O–H groups in total. The number of aromatic nitrogens is 2. The molecule has 0 fully saturated rings. The van der Waals surface area contributed by atoms with Crippen LogP contribution in [0.5, 0.6) is 5.88 Å². The molecule has 0 bridgehead atoms. The van der Waals surface area contributed by atoms with Crippen molar-refractivity contribution < 1.29 is 9.52 Å². The summed E-state index contributed by atoms with van der Waals surface area (Å²) in [5, 5.41) is 9.10. The van der Waals surface area contributed by atoms with Crippen LogP contribution < -0.4 is 0 Å². The van der Waals surface area contributed by atoms with E-state index >= 15 is 0 Å². The van der Waals surface area contributed by atoms with Gasteiger partial charge in [-0.25, -0.2) is 0 Å². The molecular weight excluding hydrogens is 132 g/mol. The number of oxazole rings is 1. The first-order chi connectivity index (χ1) is 4.79. The fourth-order valence-corrected chi connectivity index (χ4v) is 0.922. The van der Waals surface area contributed by atoms with Crippen LogP contribution in [0, 0.1) is 0 Å². The first-order valence-electron chi connectivity index (χ1n) is 2.87. The molecule has 0 saturated carbocycles. The number of hydrogen-bond donors (Lipinski definition) is 1. The molecule has 2 aromatic rings. The van der Waals surface area contributed by atoms with E-state index in [-0.39, 0.29) is 5.88 Å². The van der Waals surface area contributed by atoms with Gasteiger partial charge in [-0.2, -0.15) is 4.98 Å². The summed E-state index contributed by atoms with van der Waals surface area (Å²) >= 11 is 0. The van der Waals surface area contributed by atoms with Crippen molar-refractivity contribution in [2.24, 2.45) is 7.05 Å². The van der Waals surface area contributed by atoms with Gasteiger partial charge in [0.15, 0.2) is 23.5 Å². The minimum atomic E-state index is 0.168. The van der Waals surface area contributed by atoms with E-state index in [1.165, 1.54) is 12.5 Å². The molecule has 0 radical (unpaired) electrons. The van der Waals surface area contributed by atoms with Crippen LogP contribution in [0.1, 0.15) is 0 Å². The number of aryl methyl sites for hydroxylation is 1. The van der Waals surface area contributed by atoms with Crippen molar-refractivity contribution in [2.45, 2.75) is 0 Å². The zero-order valence-electron chi connectivity index (χ0n) is 5.40. The minimum absolute atomic E-state index is 0.168. The van der Waals surface area contributed by atoms with Crippen LogP contribution in [0.25, 0.3) is 11.2 Å². The van der Waals surface area contributed by atoms with Crippen LogP contribution in [-0.2, 0) is 7.05 Å². The number of aromatic hydroxyl groups is 1. The fourth-order valence-electron chi connectivity index (χ4n) is 0.922. The van der Waals surface area contributed by atoms with Gasteiger partial charge in [-0.1, -0.05) is 0 Å². The molecule has 0 atom stereocenters. The van der Waals surface area contributed by atoms with Crippen LogP contribution in [0.15, 0.2) is 16.9 Å². The molecule has 4 nitrogen and oxygen atoms in total. The molecule has 2 rings (SSSR count). The molecular formula is C6H6N2O2. The van der Waals surface area contributed by atoms with Gasteiger partial charge in [-0.05, 0) is 0 Å². The van der Waals surface area contributed by atoms with Gasteiger partial charge in [0.25, 0.3) is 0 Å². The first kappa shape index (κ1) is 5.34. The predicted molar refractivity (Wildman–Crippen MR) is 34.6 cm³/mol. The van der Waals surface area contributed by atoms with Crippen molar-refractivity contribution >= 4 is 11.2 Å². The molecule has 0 amide bonds. The van der Waals surface area contributed by atoms with E-state index in [1.54, 1.807) is 11.6 Å². The lowest BCUT2D eigenvalue weighted by atomic mass is 10.6. The summed E-state index contributed by atoms with van der Waals surface area (Å²) in [5.41, 5.74) is 1.28. The molecule has 4 heteroatoms. The van der Waals surface area contributed by atoms with E-state index in [2.05, 4.69) is 4.98 Å². The third-order valence-corrected chi connectivity index (χ3v) is 1.50. The molecule has 0 spiro atoms. The van der Waals surface area contributed by atoms with E-state index in [4.69, 9.17) is 9.52 Å². The Kier molecular flexibility index (Phi) is 0.818. The molecule has 0 aliphatic heterocycles. The first-order valence-corrected chi connectivity index (χ1v) is 2.87. The van der Waals surface area contributed by atoms with Crippen molar-refractivity contribution in [1.29, 1.82) is 0 Å². The van der Waals surface area contributed by atoms with Gasteiger partial charge in [0.1, 0.15) is 0 Å². The van der Waals surface area contributed by atoms with E-state index in [0.717, 1.165) is 0 Å². The third-order valence-electron chi connectivity index (χ3n) is 1.50. The topological polar surface area (TPSA) is 51.2 Å². The second-order valence-corrected chi connectivity index (χ2v) is 2.10. The highest BCUT2D eigenvalue weighted by molar-refractivity contribution is 5.71. The van der Waals surface area contributed by atoms with Crippen molar-refractivity contribution in [1.82, 2.24) is 9.55 Å². The Morgan fingerprint density at radius 2 is 2.50 bits per heavy atom. The average molecular weight is 138 g/mol. The lowest BCUT2D eigenvalue weighted by Crippen LogP contribution is -1.84. The maximum atomic E-state index is 9.10. The Morgan fingerprint density at radius 3 is 3.20 bits per heavy atom. The largest absolute Gasteiger partial charge is 0.494 e. The number of nitrogens with zero attached hydrogens (tertiary/aromatic N) is 2. The Morgan fingerprint density at radius 1 is 1.70 bits per heavy atom. The third kappa shape index (κ3) is 0.478. The predicted octanol–water partition coefficient (Wildman–Crippen LogP) is 0.872. The smallest absolute Gasteiger partial charge is 0.196 e. The lowest BCUT2D eigenvalue weighted by molar-refractivity contribution is 0.434. The van der Waals surface area contributed by atoms with Gasteiger partial charge in [0, 0.05) is 13.1 Å². The molecule has 0 unspecified atom stereocenters. The maximum Gasteiger partial charge on any atom is 0.196 e. The molecule has 0 aliphatic rings. The van der Waals surface area contributed by atoms with Crippen molar-refractivity contribution in [3.63, 3.8) is 0 Å². The van der Waals surface area contributed by atoms with Crippen LogP contribution in [0.4, 0.5) is 0 Å². The second-order valence-electron chi connectivity index (χ2n) is 2.10. The van der Waals surface area contributed by atoms with Gasteiger partial charge in [0.2, 0.25) is 0 Å². The van der Waals surface area contributed by atoms with Crippen molar-refractivity contribution in [2.75, 3.05) is 0 Å². The maximum absolute atomic E-state index is 9.10. The normalized spacial score (nSPS) is 10.9. The zero-order valence-corrected chi connectivity index (χ0v) is 5.40. The standard InChI is InChI=1S/C6H6N2O2/c1-8-5(9)2-4-6(8)7-3-10-4/h2-3,9H,1H3. The van der Waals surface area contributed by atoms with Gasteiger partial charge in [-0.15, -0.1) is 0 Å². The minimum Gasteiger partial charge on any atom is -0.494 e. The zero-order chi connectivity index (χ0) is 7.14. The number of rotatable bonds is 0. The monoisotopic (exact) mass is 138 g/mol. The van der Waals surface area contributed by atoms with Crippen molar-refractivity contribution in [3.8, 4) is 5.88 Å². The lowest BCUT2D eigenvalue weighted by Gasteiger charge is -1.90. The molecule has 2 aromatic heterocycles. The van der Waals surface area contributed by atoms with Gasteiger partial charge in [-0.3, -0.25) is 4.57 Å². The average Bonchev–Trinajstić information content (AvgIpc) is 2.41. The molecule has 10 heavy (non-hydrogen) atoms. The number of hydrogen-bond acceptors (Lipinski definition) is 3. The van der Waals surface area contributed by atoms with E-state index in [1.807, 2.05) is 0 Å². The van der Waals surface area contributed by atoms with Gasteiger partial charge < -0.3 is 9.52 Å². The highest BCUT2D eigenvalue weighted by Gasteiger charge is 2.06. The summed E-state index contributed by atoms with van der Waals surface area (Å²) in [6.07, 6.45) is 1.35. The highest BCUT2D eigenvalue weighted by atomic mass is 16.3. The second kappa shape index (κ2) is 1.53. The molecule has 0 aliphatic carbocycles. The van der Waals surface area contributed by atoms with Crippen LogP contribution in [-0.4, -0.2) is 14.7 Å². The highest BCUT2D eigenvalue weighted by Crippen LogP contribution is 2.20. The van der Waals surface area contributed by atoms with Crippen molar-refractivity contribution in [3.05, 3.63) is 12.5 Å². The summed E-state index contributed by atoms with van der Waals surface area (Å²) in [6, 6.07) is 1.53. The Labute approximate surface area is 56.7 Å². The summed E-state index contributed by atoms with van der Waals surface area (Å²) < 4.78 is 6.48. The van der Waals surface area contributed by atoms with Crippen LogP contribution in [0.3, 0.4) is 0 Å². The molecule has 0 aromatic carbocycles. The molecule has 52 valence electrons. The summed E-state index contributed by atoms with van der Waals surface area (Å²) in [7, 11) is 1.72. The number of fused-ring (bicyclic) bond motifs is 1. The van der Waals surface area contributed by atoms with Gasteiger partial charge in [0.05, 0.1) is 0 Å². The summed E-state index contributed by atoms with van der Waals surface area (Å²) in [6.45, 7) is 0. The summed E-state index contributed by atoms with van der Waals surface area (Å²) in [4.78, 5) is 3.88. The van der Waals surface area contributed by atoms with E-state index in [0.29, 0.717) is 11.2 Å². The Bertz CT molecular complexity index is 361. The molecule has 2 heterocycles. The fraction of sp³-hybridized carbons (Fsp3) is 0.167. The van der Waals surface area contributed by atoms with Crippen LogP contribution in [0.2, 0.25) is 0 Å². The van der Waals surface area contributed by atoms with Crippen LogP contribution >= 0.6 is 0 Å². The Balaban J connectivity index is 2.95. The van der Waals surface area contributed by atoms with Gasteiger partial charge >= 0.3 is 0 Å².